The van der Waals surface area contributed by atoms with Gasteiger partial charge in [-0.05, 0) is 5.92 Å². The van der Waals surface area contributed by atoms with Crippen LogP contribution in [0.2, 0.25) is 5.02 Å². The third-order valence-corrected chi connectivity index (χ3v) is 3.50. The van der Waals surface area contributed by atoms with Gasteiger partial charge in [-0.1, -0.05) is 25.4 Å². The summed E-state index contributed by atoms with van der Waals surface area (Å²) in [5.74, 6) is 1.27. The smallest absolute Gasteiger partial charge is 0.225 e. The normalized spacial score (nSPS) is 15.1. The summed E-state index contributed by atoms with van der Waals surface area (Å²) < 4.78 is 10.9. The Labute approximate surface area is 123 Å². The van der Waals surface area contributed by atoms with Gasteiger partial charge < -0.3 is 20.5 Å². The summed E-state index contributed by atoms with van der Waals surface area (Å²) in [4.78, 5) is 11.9. The summed E-state index contributed by atoms with van der Waals surface area (Å²) in [6.45, 7) is 4.95. The molecule has 1 aliphatic rings. The van der Waals surface area contributed by atoms with E-state index < -0.39 is 0 Å². The Balaban J connectivity index is 2.07. The zero-order valence-electron chi connectivity index (χ0n) is 11.6. The first-order valence-corrected chi connectivity index (χ1v) is 6.99. The molecule has 20 heavy (non-hydrogen) atoms. The van der Waals surface area contributed by atoms with E-state index in [1.54, 1.807) is 12.1 Å². The Hall–Kier alpha value is -1.46. The molecular formula is C14H19ClN2O3. The lowest BCUT2D eigenvalue weighted by Crippen LogP contribution is -2.31. The van der Waals surface area contributed by atoms with Gasteiger partial charge in [0.15, 0.2) is 11.5 Å². The number of hydrogen-bond donors (Lipinski definition) is 2. The zero-order valence-corrected chi connectivity index (χ0v) is 12.4. The van der Waals surface area contributed by atoms with E-state index in [-0.39, 0.29) is 24.3 Å². The molecule has 1 aromatic carbocycles. The van der Waals surface area contributed by atoms with Crippen molar-refractivity contribution in [3.8, 4) is 11.5 Å². The summed E-state index contributed by atoms with van der Waals surface area (Å²) in [5, 5.41) is 3.18. The average Bonchev–Trinajstić information content (AvgIpc) is 2.39. The highest BCUT2D eigenvalue weighted by atomic mass is 35.5. The maximum absolute atomic E-state index is 11.9. The van der Waals surface area contributed by atoms with E-state index in [9.17, 15) is 4.79 Å². The largest absolute Gasteiger partial charge is 0.486 e. The van der Waals surface area contributed by atoms with E-state index in [4.69, 9.17) is 26.8 Å². The Morgan fingerprint density at radius 2 is 1.95 bits per heavy atom. The summed E-state index contributed by atoms with van der Waals surface area (Å²) >= 11 is 6.12. The summed E-state index contributed by atoms with van der Waals surface area (Å²) in [5.41, 5.74) is 6.39. The molecule has 3 N–H and O–H groups in total. The number of benzene rings is 1. The first-order chi connectivity index (χ1) is 9.47. The van der Waals surface area contributed by atoms with Crippen LogP contribution in [0.3, 0.4) is 0 Å². The lowest BCUT2D eigenvalue weighted by atomic mass is 10.0. The molecule has 1 atom stereocenters. The van der Waals surface area contributed by atoms with Gasteiger partial charge in [0.2, 0.25) is 5.91 Å². The highest BCUT2D eigenvalue weighted by Gasteiger charge is 2.18. The fraction of sp³-hybridized carbons (Fsp3) is 0.500. The van der Waals surface area contributed by atoms with Gasteiger partial charge in [-0.15, -0.1) is 0 Å². The number of rotatable bonds is 4. The SMILES string of the molecule is CC(C)C(N)CC(=O)Nc1cc2c(cc1Cl)OCCO2. The van der Waals surface area contributed by atoms with Crippen LogP contribution >= 0.6 is 11.6 Å². The summed E-state index contributed by atoms with van der Waals surface area (Å²) in [7, 11) is 0. The fourth-order valence-electron chi connectivity index (χ4n) is 1.81. The van der Waals surface area contributed by atoms with Crippen molar-refractivity contribution in [2.75, 3.05) is 18.5 Å². The number of carbonyl (C=O) groups excluding carboxylic acids is 1. The Kier molecular flexibility index (Phi) is 4.73. The molecule has 1 heterocycles. The molecule has 1 aromatic rings. The second-order valence-corrected chi connectivity index (χ2v) is 5.54. The minimum atomic E-state index is -0.175. The number of carbonyl (C=O) groups is 1. The number of halogens is 1. The van der Waals surface area contributed by atoms with Crippen LogP contribution in [0.5, 0.6) is 11.5 Å². The van der Waals surface area contributed by atoms with Crippen LogP contribution in [0.4, 0.5) is 5.69 Å². The third kappa shape index (κ3) is 3.55. The van der Waals surface area contributed by atoms with Gasteiger partial charge in [-0.25, -0.2) is 0 Å². The van der Waals surface area contributed by atoms with Crippen LogP contribution in [0.25, 0.3) is 0 Å². The molecule has 1 aliphatic heterocycles. The Morgan fingerprint density at radius 3 is 2.55 bits per heavy atom. The highest BCUT2D eigenvalue weighted by Crippen LogP contribution is 2.37. The van der Waals surface area contributed by atoms with Crippen LogP contribution < -0.4 is 20.5 Å². The van der Waals surface area contributed by atoms with Crippen LogP contribution in [0.1, 0.15) is 20.3 Å². The standard InChI is InChI=1S/C14H19ClN2O3/c1-8(2)10(16)6-14(18)17-11-7-13-12(5-9(11)15)19-3-4-20-13/h5,7-8,10H,3-4,6,16H2,1-2H3,(H,17,18). The number of amides is 1. The van der Waals surface area contributed by atoms with Crippen LogP contribution in [-0.2, 0) is 4.79 Å². The van der Waals surface area contributed by atoms with Crippen LogP contribution in [0, 0.1) is 5.92 Å². The predicted octanol–water partition coefficient (Wildman–Crippen LogP) is 2.42. The molecule has 1 amide bonds. The first kappa shape index (κ1) is 14.9. The second-order valence-electron chi connectivity index (χ2n) is 5.14. The van der Waals surface area contributed by atoms with E-state index in [1.807, 2.05) is 13.8 Å². The predicted molar refractivity (Wildman–Crippen MR) is 78.5 cm³/mol. The van der Waals surface area contributed by atoms with E-state index in [2.05, 4.69) is 5.32 Å². The summed E-state index contributed by atoms with van der Waals surface area (Å²) in [6, 6.07) is 3.15. The van der Waals surface area contributed by atoms with E-state index in [0.717, 1.165) is 0 Å². The van der Waals surface area contributed by atoms with Crippen molar-refractivity contribution in [1.29, 1.82) is 0 Å². The Bertz CT molecular complexity index is 505. The third-order valence-electron chi connectivity index (χ3n) is 3.18. The monoisotopic (exact) mass is 298 g/mol. The average molecular weight is 299 g/mol. The fourth-order valence-corrected chi connectivity index (χ4v) is 2.01. The topological polar surface area (TPSA) is 73.6 Å². The maximum Gasteiger partial charge on any atom is 0.225 e. The van der Waals surface area contributed by atoms with Gasteiger partial charge >= 0.3 is 0 Å². The minimum Gasteiger partial charge on any atom is -0.486 e. The molecule has 0 radical (unpaired) electrons. The number of anilines is 1. The molecule has 0 spiro atoms. The zero-order chi connectivity index (χ0) is 14.7. The number of nitrogens with two attached hydrogens (primary N) is 1. The molecule has 1 unspecified atom stereocenters. The van der Waals surface area contributed by atoms with Gasteiger partial charge in [0.25, 0.3) is 0 Å². The molecule has 110 valence electrons. The van der Waals surface area contributed by atoms with Gasteiger partial charge in [0, 0.05) is 24.6 Å². The lowest BCUT2D eigenvalue weighted by Gasteiger charge is -2.20. The molecule has 2 rings (SSSR count). The van der Waals surface area contributed by atoms with Gasteiger partial charge in [0.05, 0.1) is 10.7 Å². The number of nitrogens with one attached hydrogen (secondary N) is 1. The van der Waals surface area contributed by atoms with Crippen LogP contribution in [0.15, 0.2) is 12.1 Å². The van der Waals surface area contributed by atoms with Crippen molar-refractivity contribution < 1.29 is 14.3 Å². The molecule has 0 fully saturated rings. The second kappa shape index (κ2) is 6.33. The van der Waals surface area contributed by atoms with Crippen molar-refractivity contribution in [1.82, 2.24) is 0 Å². The van der Waals surface area contributed by atoms with Gasteiger partial charge in [-0.2, -0.15) is 0 Å². The van der Waals surface area contributed by atoms with Crippen molar-refractivity contribution in [3.63, 3.8) is 0 Å². The van der Waals surface area contributed by atoms with Crippen molar-refractivity contribution in [2.24, 2.45) is 11.7 Å². The Morgan fingerprint density at radius 1 is 1.35 bits per heavy atom. The molecule has 0 bridgehead atoms. The summed E-state index contributed by atoms with van der Waals surface area (Å²) in [6.07, 6.45) is 0.252. The molecular weight excluding hydrogens is 280 g/mol. The van der Waals surface area contributed by atoms with Crippen LogP contribution in [-0.4, -0.2) is 25.2 Å². The first-order valence-electron chi connectivity index (χ1n) is 6.62. The number of ether oxygens (including phenoxy) is 2. The quantitative estimate of drug-likeness (QED) is 0.895. The maximum atomic E-state index is 11.9. The molecule has 0 saturated carbocycles. The van der Waals surface area contributed by atoms with E-state index in [0.29, 0.717) is 35.4 Å². The van der Waals surface area contributed by atoms with E-state index in [1.165, 1.54) is 0 Å². The minimum absolute atomic E-state index is 0.162. The van der Waals surface area contributed by atoms with E-state index >= 15 is 0 Å². The van der Waals surface area contributed by atoms with Crippen molar-refractivity contribution in [2.45, 2.75) is 26.3 Å². The molecule has 0 saturated heterocycles. The highest BCUT2D eigenvalue weighted by molar-refractivity contribution is 6.34. The lowest BCUT2D eigenvalue weighted by molar-refractivity contribution is -0.116. The van der Waals surface area contributed by atoms with Gasteiger partial charge in [0.1, 0.15) is 13.2 Å². The number of fused-ring (bicyclic) bond motifs is 1. The molecule has 0 aromatic heterocycles. The number of hydrogen-bond acceptors (Lipinski definition) is 4. The molecule has 5 nitrogen and oxygen atoms in total. The van der Waals surface area contributed by atoms with Crippen molar-refractivity contribution >= 4 is 23.2 Å². The molecule has 6 heteroatoms. The molecule has 0 aliphatic carbocycles. The van der Waals surface area contributed by atoms with Crippen molar-refractivity contribution in [3.05, 3.63) is 17.2 Å². The van der Waals surface area contributed by atoms with Gasteiger partial charge in [-0.3, -0.25) is 4.79 Å².